The van der Waals surface area contributed by atoms with Gasteiger partial charge in [-0.1, -0.05) is 6.07 Å². The molecule has 0 saturated carbocycles. The molecule has 2 aromatic rings. The lowest BCUT2D eigenvalue weighted by atomic mass is 10.1. The molecule has 0 aliphatic carbocycles. The lowest BCUT2D eigenvalue weighted by Crippen LogP contribution is -2.06. The van der Waals surface area contributed by atoms with Gasteiger partial charge in [0.15, 0.2) is 0 Å². The summed E-state index contributed by atoms with van der Waals surface area (Å²) in [7, 11) is 0. The number of H-pyrrole nitrogens is 1. The third-order valence-corrected chi connectivity index (χ3v) is 3.21. The molecule has 0 bridgehead atoms. The van der Waals surface area contributed by atoms with Crippen LogP contribution in [0.3, 0.4) is 0 Å². The number of rotatable bonds is 3. The number of aryl methyl sites for hydroxylation is 1. The van der Waals surface area contributed by atoms with Crippen LogP contribution in [0.2, 0.25) is 0 Å². The Balaban J connectivity index is 2.44. The molecule has 0 saturated heterocycles. The molecule has 0 atom stereocenters. The summed E-state index contributed by atoms with van der Waals surface area (Å²) in [5, 5.41) is 1.99. The van der Waals surface area contributed by atoms with Gasteiger partial charge in [0.05, 0.1) is 22.7 Å². The van der Waals surface area contributed by atoms with Crippen molar-refractivity contribution in [3.8, 4) is 10.6 Å². The van der Waals surface area contributed by atoms with E-state index in [1.165, 1.54) is 0 Å². The molecule has 0 spiro atoms. The first kappa shape index (κ1) is 11.0. The van der Waals surface area contributed by atoms with E-state index in [1.54, 1.807) is 11.3 Å². The first-order valence-electron chi connectivity index (χ1n) is 5.13. The third kappa shape index (κ3) is 1.88. The summed E-state index contributed by atoms with van der Waals surface area (Å²) in [6.45, 7) is 4.11. The van der Waals surface area contributed by atoms with Gasteiger partial charge < -0.3 is 9.72 Å². The summed E-state index contributed by atoms with van der Waals surface area (Å²) in [6, 6.07) is 3.95. The number of carbonyl (C=O) groups excluding carboxylic acids is 1. The van der Waals surface area contributed by atoms with Crippen LogP contribution in [0.4, 0.5) is 0 Å². The summed E-state index contributed by atoms with van der Waals surface area (Å²) >= 11 is 1.60. The highest BCUT2D eigenvalue weighted by Crippen LogP contribution is 2.29. The topological polar surface area (TPSA) is 42.1 Å². The number of aromatic amines is 1. The van der Waals surface area contributed by atoms with Crippen LogP contribution in [0, 0.1) is 6.92 Å². The summed E-state index contributed by atoms with van der Waals surface area (Å²) in [5.74, 6) is -0.260. The first-order valence-corrected chi connectivity index (χ1v) is 6.01. The maximum atomic E-state index is 11.8. The second kappa shape index (κ2) is 4.53. The zero-order chi connectivity index (χ0) is 11.5. The molecular formula is C12H13NO2S. The van der Waals surface area contributed by atoms with Crippen molar-refractivity contribution in [1.82, 2.24) is 4.98 Å². The largest absolute Gasteiger partial charge is 0.462 e. The van der Waals surface area contributed by atoms with Gasteiger partial charge in [-0.2, -0.15) is 0 Å². The summed E-state index contributed by atoms with van der Waals surface area (Å²) in [4.78, 5) is 16.0. The van der Waals surface area contributed by atoms with E-state index < -0.39 is 0 Å². The second-order valence-corrected chi connectivity index (χ2v) is 4.37. The molecule has 2 rings (SSSR count). The van der Waals surface area contributed by atoms with Crippen molar-refractivity contribution < 1.29 is 9.53 Å². The molecule has 0 amide bonds. The quantitative estimate of drug-likeness (QED) is 0.830. The fraction of sp³-hybridized carbons (Fsp3) is 0.250. The number of hydrogen-bond acceptors (Lipinski definition) is 3. The molecule has 0 fully saturated rings. The van der Waals surface area contributed by atoms with Gasteiger partial charge in [0.25, 0.3) is 0 Å². The Morgan fingerprint density at radius 3 is 3.00 bits per heavy atom. The molecule has 4 heteroatoms. The number of nitrogens with one attached hydrogen (secondary N) is 1. The lowest BCUT2D eigenvalue weighted by molar-refractivity contribution is 0.0527. The van der Waals surface area contributed by atoms with Gasteiger partial charge in [-0.3, -0.25) is 0 Å². The molecule has 84 valence electrons. The molecule has 0 aliphatic heterocycles. The Labute approximate surface area is 98.1 Å². The Hall–Kier alpha value is -1.55. The van der Waals surface area contributed by atoms with Crippen LogP contribution in [0.1, 0.15) is 22.8 Å². The van der Waals surface area contributed by atoms with E-state index in [9.17, 15) is 4.79 Å². The van der Waals surface area contributed by atoms with Crippen LogP contribution in [-0.4, -0.2) is 17.6 Å². The van der Waals surface area contributed by atoms with Crippen LogP contribution >= 0.6 is 11.3 Å². The van der Waals surface area contributed by atoms with Gasteiger partial charge in [-0.15, -0.1) is 11.3 Å². The fourth-order valence-corrected chi connectivity index (χ4v) is 2.34. The molecule has 3 nitrogen and oxygen atoms in total. The predicted molar refractivity (Wildman–Crippen MR) is 64.8 cm³/mol. The summed E-state index contributed by atoms with van der Waals surface area (Å²) in [6.07, 6.45) is 1.83. The number of hydrogen-bond donors (Lipinski definition) is 1. The van der Waals surface area contributed by atoms with Gasteiger partial charge in [0, 0.05) is 6.20 Å². The van der Waals surface area contributed by atoms with Crippen molar-refractivity contribution in [2.45, 2.75) is 13.8 Å². The Bertz CT molecular complexity index is 485. The molecule has 0 aromatic carbocycles. The van der Waals surface area contributed by atoms with E-state index in [2.05, 4.69) is 4.98 Å². The molecule has 16 heavy (non-hydrogen) atoms. The second-order valence-electron chi connectivity index (χ2n) is 3.42. The highest BCUT2D eigenvalue weighted by atomic mass is 32.1. The zero-order valence-electron chi connectivity index (χ0n) is 9.24. The average Bonchev–Trinajstić information content (AvgIpc) is 2.86. The van der Waals surface area contributed by atoms with Crippen molar-refractivity contribution in [2.75, 3.05) is 6.61 Å². The van der Waals surface area contributed by atoms with Crippen LogP contribution < -0.4 is 0 Å². The third-order valence-electron chi connectivity index (χ3n) is 2.32. The molecule has 1 N–H and O–H groups in total. The monoisotopic (exact) mass is 235 g/mol. The maximum Gasteiger partial charge on any atom is 0.340 e. The van der Waals surface area contributed by atoms with E-state index >= 15 is 0 Å². The Morgan fingerprint density at radius 1 is 1.56 bits per heavy atom. The van der Waals surface area contributed by atoms with Crippen LogP contribution in [0.5, 0.6) is 0 Å². The predicted octanol–water partition coefficient (Wildman–Crippen LogP) is 3.23. The van der Waals surface area contributed by atoms with Gasteiger partial charge in [0.1, 0.15) is 0 Å². The zero-order valence-corrected chi connectivity index (χ0v) is 10.1. The smallest absolute Gasteiger partial charge is 0.340 e. The van der Waals surface area contributed by atoms with E-state index in [0.29, 0.717) is 12.2 Å². The van der Waals surface area contributed by atoms with Gasteiger partial charge in [0.2, 0.25) is 0 Å². The van der Waals surface area contributed by atoms with Crippen molar-refractivity contribution in [3.63, 3.8) is 0 Å². The number of esters is 1. The lowest BCUT2D eigenvalue weighted by Gasteiger charge is -2.03. The standard InChI is InChI=1S/C12H13NO2S/c1-3-15-12(14)10-8(2)7-13-11(10)9-5-4-6-16-9/h4-7,13H,3H2,1-2H3. The molecule has 0 radical (unpaired) electrons. The Kier molecular flexibility index (Phi) is 3.10. The highest BCUT2D eigenvalue weighted by molar-refractivity contribution is 7.13. The SMILES string of the molecule is CCOC(=O)c1c(C)c[nH]c1-c1cccs1. The number of carbonyl (C=O) groups is 1. The van der Waals surface area contributed by atoms with Crippen molar-refractivity contribution in [3.05, 3.63) is 34.8 Å². The minimum Gasteiger partial charge on any atom is -0.462 e. The van der Waals surface area contributed by atoms with E-state index in [0.717, 1.165) is 16.1 Å². The van der Waals surface area contributed by atoms with Crippen LogP contribution in [-0.2, 0) is 4.74 Å². The number of thiophene rings is 1. The fourth-order valence-electron chi connectivity index (χ4n) is 1.60. The van der Waals surface area contributed by atoms with E-state index in [-0.39, 0.29) is 5.97 Å². The van der Waals surface area contributed by atoms with E-state index in [1.807, 2.05) is 37.6 Å². The van der Waals surface area contributed by atoms with Gasteiger partial charge >= 0.3 is 5.97 Å². The minimum absolute atomic E-state index is 0.260. The van der Waals surface area contributed by atoms with E-state index in [4.69, 9.17) is 4.74 Å². The Morgan fingerprint density at radius 2 is 2.38 bits per heavy atom. The highest BCUT2D eigenvalue weighted by Gasteiger charge is 2.18. The van der Waals surface area contributed by atoms with Crippen molar-refractivity contribution >= 4 is 17.3 Å². The first-order chi connectivity index (χ1) is 7.74. The van der Waals surface area contributed by atoms with Gasteiger partial charge in [-0.25, -0.2) is 4.79 Å². The average molecular weight is 235 g/mol. The van der Waals surface area contributed by atoms with Gasteiger partial charge in [-0.05, 0) is 30.9 Å². The minimum atomic E-state index is -0.260. The molecule has 2 heterocycles. The molecular weight excluding hydrogens is 222 g/mol. The summed E-state index contributed by atoms with van der Waals surface area (Å²) in [5.41, 5.74) is 2.41. The van der Waals surface area contributed by atoms with Crippen LogP contribution in [0.25, 0.3) is 10.6 Å². The van der Waals surface area contributed by atoms with Crippen molar-refractivity contribution in [2.24, 2.45) is 0 Å². The molecule has 2 aromatic heterocycles. The molecule has 0 unspecified atom stereocenters. The number of aromatic nitrogens is 1. The maximum absolute atomic E-state index is 11.8. The summed E-state index contributed by atoms with van der Waals surface area (Å²) < 4.78 is 5.05. The normalized spacial score (nSPS) is 10.4. The van der Waals surface area contributed by atoms with Crippen LogP contribution in [0.15, 0.2) is 23.7 Å². The van der Waals surface area contributed by atoms with Crippen molar-refractivity contribution in [1.29, 1.82) is 0 Å². The molecule has 0 aliphatic rings. The number of ether oxygens (including phenoxy) is 1.